The smallest absolute Gasteiger partial charge is 0.359 e. The van der Waals surface area contributed by atoms with Crippen molar-refractivity contribution in [3.05, 3.63) is 5.69 Å². The van der Waals surface area contributed by atoms with Gasteiger partial charge in [0, 0.05) is 0 Å². The number of rotatable bonds is 4. The zero-order valence-electron chi connectivity index (χ0n) is 15.8. The second-order valence-electron chi connectivity index (χ2n) is 8.12. The van der Waals surface area contributed by atoms with Crippen LogP contribution in [0.5, 0.6) is 5.88 Å². The van der Waals surface area contributed by atoms with Gasteiger partial charge in [0.25, 0.3) is 5.88 Å². The molecule has 0 bridgehead atoms. The number of hydrogen-bond acceptors (Lipinski definition) is 4. The van der Waals surface area contributed by atoms with Crippen LogP contribution < -0.4 is 4.74 Å². The number of nitrogens with zero attached hydrogens (tertiary/aromatic N) is 2. The number of carbonyl (C=O) groups is 1. The molecule has 2 atom stereocenters. The number of carboxylic acids is 1. The van der Waals surface area contributed by atoms with Crippen molar-refractivity contribution in [2.45, 2.75) is 96.0 Å². The Bertz CT molecular complexity index is 550. The Morgan fingerprint density at radius 1 is 0.846 bits per heavy atom. The fraction of sp³-hybridized carbons (Fsp3) is 0.850. The third-order valence-electron chi connectivity index (χ3n) is 6.29. The summed E-state index contributed by atoms with van der Waals surface area (Å²) in [5, 5.41) is 19.0. The monoisotopic (exact) mass is 363 g/mol. The summed E-state index contributed by atoms with van der Waals surface area (Å²) in [6, 6.07) is 0. The predicted octanol–water partition coefficient (Wildman–Crippen LogP) is 4.97. The van der Waals surface area contributed by atoms with Crippen LogP contribution in [0.3, 0.4) is 0 Å². The van der Waals surface area contributed by atoms with E-state index >= 15 is 0 Å². The largest absolute Gasteiger partial charge is 0.476 e. The van der Waals surface area contributed by atoms with Gasteiger partial charge in [-0.25, -0.2) is 9.89 Å². The maximum Gasteiger partial charge on any atom is 0.359 e. The van der Waals surface area contributed by atoms with Crippen LogP contribution in [0.25, 0.3) is 0 Å². The second kappa shape index (κ2) is 9.93. The van der Waals surface area contributed by atoms with Crippen molar-refractivity contribution >= 4 is 5.97 Å². The number of aromatic carboxylic acids is 1. The Labute approximate surface area is 156 Å². The Kier molecular flexibility index (Phi) is 7.32. The molecule has 1 aromatic heterocycles. The third-order valence-corrected chi connectivity index (χ3v) is 6.29. The molecule has 2 aliphatic carbocycles. The van der Waals surface area contributed by atoms with Gasteiger partial charge in [0.1, 0.15) is 6.10 Å². The zero-order chi connectivity index (χ0) is 18.2. The van der Waals surface area contributed by atoms with Gasteiger partial charge >= 0.3 is 5.97 Å². The minimum atomic E-state index is -1.07. The summed E-state index contributed by atoms with van der Waals surface area (Å²) in [4.78, 5) is 11.2. The van der Waals surface area contributed by atoms with Gasteiger partial charge in [0.05, 0.1) is 0 Å². The SMILES string of the molecule is O=C(O)c1[nH]nnc1OC1CCCCC(C2CCCCCCCC2)CC1. The Hall–Kier alpha value is -1.59. The molecule has 6 heteroatoms. The Balaban J connectivity index is 1.57. The molecule has 1 heterocycles. The van der Waals surface area contributed by atoms with E-state index in [2.05, 4.69) is 15.4 Å². The highest BCUT2D eigenvalue weighted by atomic mass is 16.5. The van der Waals surface area contributed by atoms with E-state index in [1.165, 1.54) is 70.6 Å². The quantitative estimate of drug-likeness (QED) is 0.788. The molecule has 146 valence electrons. The van der Waals surface area contributed by atoms with E-state index in [4.69, 9.17) is 4.74 Å². The first-order valence-electron chi connectivity index (χ1n) is 10.5. The molecule has 2 fully saturated rings. The number of hydrogen-bond donors (Lipinski definition) is 2. The van der Waals surface area contributed by atoms with Gasteiger partial charge in [0.15, 0.2) is 0 Å². The van der Waals surface area contributed by atoms with Crippen molar-refractivity contribution in [1.29, 1.82) is 0 Å². The molecule has 0 saturated heterocycles. The molecule has 26 heavy (non-hydrogen) atoms. The first kappa shape index (κ1) is 19.2. The average Bonchev–Trinajstić information content (AvgIpc) is 3.10. The molecule has 2 saturated carbocycles. The van der Waals surface area contributed by atoms with Crippen molar-refractivity contribution in [2.75, 3.05) is 0 Å². The summed E-state index contributed by atoms with van der Waals surface area (Å²) >= 11 is 0. The molecule has 3 rings (SSSR count). The van der Waals surface area contributed by atoms with Crippen molar-refractivity contribution in [3.63, 3.8) is 0 Å². The molecule has 0 amide bonds. The number of aromatic nitrogens is 3. The van der Waals surface area contributed by atoms with Gasteiger partial charge in [-0.1, -0.05) is 74.5 Å². The predicted molar refractivity (Wildman–Crippen MR) is 99.4 cm³/mol. The van der Waals surface area contributed by atoms with Crippen LogP contribution in [0.1, 0.15) is 100 Å². The van der Waals surface area contributed by atoms with Gasteiger partial charge in [0.2, 0.25) is 5.69 Å². The summed E-state index contributed by atoms with van der Waals surface area (Å²) < 4.78 is 5.94. The topological polar surface area (TPSA) is 88.1 Å². The van der Waals surface area contributed by atoms with E-state index in [-0.39, 0.29) is 17.7 Å². The molecule has 2 unspecified atom stereocenters. The van der Waals surface area contributed by atoms with Gasteiger partial charge in [-0.2, -0.15) is 0 Å². The molecule has 0 radical (unpaired) electrons. The maximum absolute atomic E-state index is 11.2. The number of aromatic amines is 1. The first-order valence-corrected chi connectivity index (χ1v) is 10.5. The molecule has 0 spiro atoms. The normalized spacial score (nSPS) is 26.8. The molecular weight excluding hydrogens is 330 g/mol. The first-order chi connectivity index (χ1) is 12.7. The van der Waals surface area contributed by atoms with Crippen molar-refractivity contribution in [2.24, 2.45) is 11.8 Å². The number of carboxylic acid groups (broad SMARTS) is 1. The van der Waals surface area contributed by atoms with E-state index in [9.17, 15) is 9.90 Å². The Morgan fingerprint density at radius 2 is 1.42 bits per heavy atom. The summed E-state index contributed by atoms with van der Waals surface area (Å²) in [6.07, 6.45) is 18.2. The fourth-order valence-corrected chi connectivity index (χ4v) is 4.79. The standard InChI is InChI=1S/C20H33N3O3/c24-20(25)18-19(22-23-21-18)26-17-12-8-7-11-16(13-14-17)15-9-5-3-1-2-4-6-10-15/h15-17H,1-14H2,(H,24,25)(H,21,22,23). The van der Waals surface area contributed by atoms with Crippen LogP contribution in [0.15, 0.2) is 0 Å². The van der Waals surface area contributed by atoms with E-state index < -0.39 is 5.97 Å². The molecule has 6 nitrogen and oxygen atoms in total. The minimum Gasteiger partial charge on any atom is -0.476 e. The Morgan fingerprint density at radius 3 is 2.12 bits per heavy atom. The highest BCUT2D eigenvalue weighted by molar-refractivity contribution is 5.87. The van der Waals surface area contributed by atoms with Crippen molar-refractivity contribution in [1.82, 2.24) is 15.4 Å². The van der Waals surface area contributed by atoms with Gasteiger partial charge < -0.3 is 9.84 Å². The fourth-order valence-electron chi connectivity index (χ4n) is 4.79. The molecule has 0 aliphatic heterocycles. The zero-order valence-corrected chi connectivity index (χ0v) is 15.8. The molecule has 0 aromatic carbocycles. The highest BCUT2D eigenvalue weighted by Gasteiger charge is 2.26. The number of H-pyrrole nitrogens is 1. The van der Waals surface area contributed by atoms with E-state index in [1.807, 2.05) is 0 Å². The molecule has 2 N–H and O–H groups in total. The van der Waals surface area contributed by atoms with E-state index in [0.29, 0.717) is 0 Å². The lowest BCUT2D eigenvalue weighted by Crippen LogP contribution is -2.24. The van der Waals surface area contributed by atoms with Gasteiger partial charge in [-0.05, 0) is 37.5 Å². The highest BCUT2D eigenvalue weighted by Crippen LogP contribution is 2.36. The summed E-state index contributed by atoms with van der Waals surface area (Å²) in [6.45, 7) is 0. The van der Waals surface area contributed by atoms with Crippen molar-refractivity contribution < 1.29 is 14.6 Å². The minimum absolute atomic E-state index is 0.0418. The van der Waals surface area contributed by atoms with E-state index in [1.54, 1.807) is 0 Å². The van der Waals surface area contributed by atoms with Crippen LogP contribution in [0.2, 0.25) is 0 Å². The summed E-state index contributed by atoms with van der Waals surface area (Å²) in [7, 11) is 0. The lowest BCUT2D eigenvalue weighted by Gasteiger charge is -2.31. The van der Waals surface area contributed by atoms with Gasteiger partial charge in [-0.3, -0.25) is 0 Å². The molecule has 1 aromatic rings. The van der Waals surface area contributed by atoms with Crippen LogP contribution >= 0.6 is 0 Å². The van der Waals surface area contributed by atoms with Crippen molar-refractivity contribution in [3.8, 4) is 5.88 Å². The number of nitrogens with one attached hydrogen (secondary N) is 1. The lowest BCUT2D eigenvalue weighted by molar-refractivity contribution is 0.0678. The van der Waals surface area contributed by atoms with E-state index in [0.717, 1.165) is 31.1 Å². The maximum atomic E-state index is 11.2. The van der Waals surface area contributed by atoms with Gasteiger partial charge in [-0.15, -0.1) is 0 Å². The summed E-state index contributed by atoms with van der Waals surface area (Å²) in [5.74, 6) is 0.741. The van der Waals surface area contributed by atoms with Crippen LogP contribution in [-0.4, -0.2) is 32.6 Å². The molecule has 2 aliphatic rings. The van der Waals surface area contributed by atoms with Crippen LogP contribution in [-0.2, 0) is 0 Å². The molecular formula is C20H33N3O3. The third kappa shape index (κ3) is 5.45. The summed E-state index contributed by atoms with van der Waals surface area (Å²) in [5.41, 5.74) is -0.0418. The van der Waals surface area contributed by atoms with Crippen LogP contribution in [0.4, 0.5) is 0 Å². The lowest BCUT2D eigenvalue weighted by atomic mass is 9.77. The second-order valence-corrected chi connectivity index (χ2v) is 8.12. The average molecular weight is 364 g/mol. The van der Waals surface area contributed by atoms with Crippen LogP contribution in [0, 0.1) is 11.8 Å². The number of ether oxygens (including phenoxy) is 1.